The van der Waals surface area contributed by atoms with Crippen molar-refractivity contribution in [3.63, 3.8) is 0 Å². The van der Waals surface area contributed by atoms with Crippen molar-refractivity contribution in [3.8, 4) is 11.1 Å². The van der Waals surface area contributed by atoms with Gasteiger partial charge in [0, 0.05) is 50.4 Å². The van der Waals surface area contributed by atoms with Gasteiger partial charge < -0.3 is 10.0 Å². The van der Waals surface area contributed by atoms with Crippen LogP contribution in [0.5, 0.6) is 0 Å². The molecule has 0 radical (unpaired) electrons. The molecular weight excluding hydrogens is 509 g/mol. The number of aromatic nitrogens is 3. The van der Waals surface area contributed by atoms with Gasteiger partial charge in [0.05, 0.1) is 5.56 Å². The second-order valence-electron chi connectivity index (χ2n) is 8.86. The van der Waals surface area contributed by atoms with Gasteiger partial charge in [0.25, 0.3) is 0 Å². The minimum atomic E-state index is -4.47. The SMILES string of the molecule is Cn1nccc1CC(C(=O)O)N(Cc1ccc(-c2ccncc2)cc1)C(=O)/C=C/c1ccc(C(F)(F)F)cc1. The summed E-state index contributed by atoms with van der Waals surface area (Å²) in [4.78, 5) is 31.0. The number of rotatable bonds is 9. The molecule has 39 heavy (non-hydrogen) atoms. The normalized spacial score (nSPS) is 12.4. The Kier molecular flexibility index (Phi) is 8.24. The number of hydrogen-bond acceptors (Lipinski definition) is 4. The maximum absolute atomic E-state index is 13.4. The molecule has 7 nitrogen and oxygen atoms in total. The molecule has 10 heteroatoms. The van der Waals surface area contributed by atoms with E-state index in [0.717, 1.165) is 23.3 Å². The van der Waals surface area contributed by atoms with Crippen LogP contribution in [-0.4, -0.2) is 42.7 Å². The maximum atomic E-state index is 13.4. The van der Waals surface area contributed by atoms with Crippen molar-refractivity contribution >= 4 is 18.0 Å². The number of carbonyl (C=O) groups excluding carboxylic acids is 1. The first-order valence-corrected chi connectivity index (χ1v) is 12.0. The number of aliphatic carboxylic acids is 1. The van der Waals surface area contributed by atoms with Crippen LogP contribution in [0.4, 0.5) is 13.2 Å². The largest absolute Gasteiger partial charge is 0.480 e. The second-order valence-corrected chi connectivity index (χ2v) is 8.86. The Hall–Kier alpha value is -4.73. The molecule has 0 saturated heterocycles. The van der Waals surface area contributed by atoms with E-state index >= 15 is 0 Å². The summed E-state index contributed by atoms with van der Waals surface area (Å²) in [5.74, 6) is -1.79. The number of carbonyl (C=O) groups is 2. The number of aryl methyl sites for hydroxylation is 1. The lowest BCUT2D eigenvalue weighted by Crippen LogP contribution is -2.45. The highest BCUT2D eigenvalue weighted by atomic mass is 19.4. The van der Waals surface area contributed by atoms with Crippen LogP contribution in [-0.2, 0) is 35.8 Å². The second kappa shape index (κ2) is 11.8. The third-order valence-corrected chi connectivity index (χ3v) is 6.25. The highest BCUT2D eigenvalue weighted by Gasteiger charge is 2.31. The fourth-order valence-corrected chi connectivity index (χ4v) is 4.06. The number of halogens is 3. The van der Waals surface area contributed by atoms with E-state index in [1.165, 1.54) is 29.2 Å². The maximum Gasteiger partial charge on any atom is 0.416 e. The molecule has 200 valence electrons. The van der Waals surface area contributed by atoms with Gasteiger partial charge in [-0.3, -0.25) is 14.5 Å². The monoisotopic (exact) mass is 534 g/mol. The fraction of sp³-hybridized carbons (Fsp3) is 0.172. The Morgan fingerprint density at radius 2 is 1.59 bits per heavy atom. The van der Waals surface area contributed by atoms with Crippen molar-refractivity contribution in [2.45, 2.75) is 25.2 Å². The number of pyridine rings is 1. The molecule has 0 fully saturated rings. The predicted molar refractivity (Wildman–Crippen MR) is 139 cm³/mol. The molecule has 4 aromatic rings. The van der Waals surface area contributed by atoms with Crippen LogP contribution < -0.4 is 0 Å². The average Bonchev–Trinajstić information content (AvgIpc) is 3.33. The minimum absolute atomic E-state index is 0.00162. The summed E-state index contributed by atoms with van der Waals surface area (Å²) in [5.41, 5.74) is 2.80. The van der Waals surface area contributed by atoms with Crippen LogP contribution in [0, 0.1) is 0 Å². The lowest BCUT2D eigenvalue weighted by molar-refractivity contribution is -0.149. The summed E-state index contributed by atoms with van der Waals surface area (Å²) in [7, 11) is 1.68. The van der Waals surface area contributed by atoms with Crippen molar-refractivity contribution in [1.29, 1.82) is 0 Å². The smallest absolute Gasteiger partial charge is 0.416 e. The molecule has 1 N–H and O–H groups in total. The van der Waals surface area contributed by atoms with Crippen molar-refractivity contribution in [1.82, 2.24) is 19.7 Å². The molecule has 0 saturated carbocycles. The van der Waals surface area contributed by atoms with Crippen LogP contribution in [0.1, 0.15) is 22.4 Å². The summed E-state index contributed by atoms with van der Waals surface area (Å²) in [6.07, 6.45) is 3.00. The number of nitrogens with zero attached hydrogens (tertiary/aromatic N) is 4. The molecule has 0 aliphatic rings. The van der Waals surface area contributed by atoms with Gasteiger partial charge in [0.15, 0.2) is 0 Å². The van der Waals surface area contributed by atoms with Crippen LogP contribution >= 0.6 is 0 Å². The topological polar surface area (TPSA) is 88.3 Å². The Balaban J connectivity index is 1.61. The first kappa shape index (κ1) is 27.3. The summed E-state index contributed by atoms with van der Waals surface area (Å²) in [6, 6.07) is 15.9. The molecule has 2 aromatic carbocycles. The molecule has 2 heterocycles. The molecule has 0 aliphatic carbocycles. The summed E-state index contributed by atoms with van der Waals surface area (Å²) >= 11 is 0. The molecule has 1 unspecified atom stereocenters. The quantitative estimate of drug-likeness (QED) is 0.297. The lowest BCUT2D eigenvalue weighted by Gasteiger charge is -2.28. The average molecular weight is 535 g/mol. The Morgan fingerprint density at radius 1 is 0.949 bits per heavy atom. The molecule has 1 amide bonds. The number of hydrogen-bond donors (Lipinski definition) is 1. The highest BCUT2D eigenvalue weighted by Crippen LogP contribution is 2.29. The zero-order valence-electron chi connectivity index (χ0n) is 20.9. The Morgan fingerprint density at radius 3 is 2.15 bits per heavy atom. The third-order valence-electron chi connectivity index (χ3n) is 6.25. The number of benzene rings is 2. The molecule has 0 spiro atoms. The molecule has 0 aliphatic heterocycles. The van der Waals surface area contributed by atoms with E-state index in [1.807, 2.05) is 36.4 Å². The van der Waals surface area contributed by atoms with Crippen LogP contribution in [0.25, 0.3) is 17.2 Å². The molecule has 0 bridgehead atoms. The summed E-state index contributed by atoms with van der Waals surface area (Å²) < 4.78 is 40.2. The number of carboxylic acid groups (broad SMARTS) is 1. The fourth-order valence-electron chi connectivity index (χ4n) is 4.06. The third kappa shape index (κ3) is 6.98. The van der Waals surface area contributed by atoms with Gasteiger partial charge in [0.2, 0.25) is 5.91 Å². The standard InChI is InChI=1S/C29H25F3N4O3/c1-35-25(14-17-34-35)18-26(28(38)39)36(19-21-2-7-22(8-3-21)23-12-15-33-16-13-23)27(37)11-6-20-4-9-24(10-5-20)29(30,31)32/h2-17,26H,18-19H2,1H3,(H,38,39)/b11-6+. The zero-order valence-corrected chi connectivity index (χ0v) is 20.9. The molecule has 1 atom stereocenters. The minimum Gasteiger partial charge on any atom is -0.480 e. The van der Waals surface area contributed by atoms with E-state index in [0.29, 0.717) is 16.8 Å². The highest BCUT2D eigenvalue weighted by molar-refractivity contribution is 5.94. The lowest BCUT2D eigenvalue weighted by atomic mass is 10.0. The van der Waals surface area contributed by atoms with Gasteiger partial charge in [-0.05, 0) is 58.7 Å². The van der Waals surface area contributed by atoms with Crippen molar-refractivity contribution in [2.24, 2.45) is 7.05 Å². The van der Waals surface area contributed by atoms with Crippen LogP contribution in [0.15, 0.2) is 91.4 Å². The van der Waals surface area contributed by atoms with E-state index in [9.17, 15) is 27.9 Å². The summed E-state index contributed by atoms with van der Waals surface area (Å²) in [5, 5.41) is 14.2. The van der Waals surface area contributed by atoms with Crippen molar-refractivity contribution in [3.05, 3.63) is 114 Å². The van der Waals surface area contributed by atoms with E-state index in [1.54, 1.807) is 36.4 Å². The number of amides is 1. The van der Waals surface area contributed by atoms with Gasteiger partial charge in [0.1, 0.15) is 6.04 Å². The van der Waals surface area contributed by atoms with Gasteiger partial charge in [-0.25, -0.2) is 4.79 Å². The van der Waals surface area contributed by atoms with Gasteiger partial charge in [-0.15, -0.1) is 0 Å². The number of alkyl halides is 3. The van der Waals surface area contributed by atoms with Crippen LogP contribution in [0.2, 0.25) is 0 Å². The Bertz CT molecular complexity index is 1450. The van der Waals surface area contributed by atoms with E-state index < -0.39 is 29.7 Å². The van der Waals surface area contributed by atoms with E-state index in [-0.39, 0.29) is 13.0 Å². The predicted octanol–water partition coefficient (Wildman–Crippen LogP) is 5.24. The first-order chi connectivity index (χ1) is 18.6. The summed E-state index contributed by atoms with van der Waals surface area (Å²) in [6.45, 7) is 0.00162. The molecular formula is C29H25F3N4O3. The van der Waals surface area contributed by atoms with E-state index in [2.05, 4.69) is 10.1 Å². The van der Waals surface area contributed by atoms with Gasteiger partial charge in [-0.2, -0.15) is 18.3 Å². The molecule has 2 aromatic heterocycles. The first-order valence-electron chi connectivity index (χ1n) is 12.0. The van der Waals surface area contributed by atoms with Gasteiger partial charge >= 0.3 is 12.1 Å². The van der Waals surface area contributed by atoms with Crippen molar-refractivity contribution in [2.75, 3.05) is 0 Å². The van der Waals surface area contributed by atoms with Gasteiger partial charge in [-0.1, -0.05) is 36.4 Å². The van der Waals surface area contributed by atoms with Crippen molar-refractivity contribution < 1.29 is 27.9 Å². The molecule has 4 rings (SSSR count). The Labute approximate surface area is 222 Å². The van der Waals surface area contributed by atoms with E-state index in [4.69, 9.17) is 0 Å². The zero-order chi connectivity index (χ0) is 28.0. The van der Waals surface area contributed by atoms with Crippen LogP contribution in [0.3, 0.4) is 0 Å². The number of carboxylic acids is 1.